The molecule has 4 unspecified atom stereocenters. The fraction of sp³-hybridized carbons (Fsp3) is 0.800. The molecule has 4 aliphatic rings. The molecule has 2 bridgehead atoms. The predicted molar refractivity (Wildman–Crippen MR) is 100 cm³/mol. The quantitative estimate of drug-likeness (QED) is 0.251. The number of hydrogen-bond donors (Lipinski definition) is 0. The average molecular weight is 474 g/mol. The van der Waals surface area contributed by atoms with Gasteiger partial charge in [0.15, 0.2) is 30.9 Å². The maximum atomic E-state index is 11.9. The van der Waals surface area contributed by atoms with Crippen LogP contribution >= 0.6 is 0 Å². The number of carbonyl (C=O) groups excluding carboxylic acids is 4. The molecule has 0 aromatic heterocycles. The second kappa shape index (κ2) is 9.50. The summed E-state index contributed by atoms with van der Waals surface area (Å²) in [7, 11) is 0. The van der Waals surface area contributed by atoms with E-state index in [1.165, 1.54) is 6.92 Å². The Morgan fingerprint density at radius 2 is 1.36 bits per heavy atom. The Kier molecular flexibility index (Phi) is 6.86. The van der Waals surface area contributed by atoms with Crippen LogP contribution in [0, 0.1) is 0 Å². The minimum atomic E-state index is -1.30. The first-order valence-corrected chi connectivity index (χ1v) is 10.5. The fourth-order valence-corrected chi connectivity index (χ4v) is 4.23. The van der Waals surface area contributed by atoms with E-state index in [2.05, 4.69) is 0 Å². The van der Waals surface area contributed by atoms with Crippen molar-refractivity contribution < 1.29 is 61.8 Å². The van der Waals surface area contributed by atoms with Gasteiger partial charge >= 0.3 is 23.9 Å². The van der Waals surface area contributed by atoms with Crippen LogP contribution in [0.2, 0.25) is 0 Å². The summed E-state index contributed by atoms with van der Waals surface area (Å²) in [4.78, 5) is 46.9. The van der Waals surface area contributed by atoms with Crippen LogP contribution in [0.5, 0.6) is 0 Å². The lowest BCUT2D eigenvalue weighted by molar-refractivity contribution is -0.324. The van der Waals surface area contributed by atoms with Crippen molar-refractivity contribution in [1.29, 1.82) is 0 Å². The molecule has 4 aliphatic heterocycles. The van der Waals surface area contributed by atoms with Crippen molar-refractivity contribution in [3.05, 3.63) is 0 Å². The SMILES string of the molecule is CC(=O)OCC1O[C@@H](O[C@@H]2C3CO[C@H](O3)[C@@H]3OC23)[C@@H](OC(C)=O)C(OC(C)=O)[C@@H]1OC(C)=O. The molecular formula is C20H26O13. The van der Waals surface area contributed by atoms with Crippen LogP contribution in [-0.2, 0) is 61.8 Å². The van der Waals surface area contributed by atoms with Gasteiger partial charge in [0.25, 0.3) is 0 Å². The largest absolute Gasteiger partial charge is 0.463 e. The van der Waals surface area contributed by atoms with Gasteiger partial charge in [-0.1, -0.05) is 0 Å². The average Bonchev–Trinajstić information content (AvgIpc) is 3.40. The van der Waals surface area contributed by atoms with Crippen LogP contribution in [-0.4, -0.2) is 98.5 Å². The molecule has 33 heavy (non-hydrogen) atoms. The van der Waals surface area contributed by atoms with Crippen LogP contribution in [0.3, 0.4) is 0 Å². The van der Waals surface area contributed by atoms with Gasteiger partial charge in [-0.3, -0.25) is 19.2 Å². The Hall–Kier alpha value is -2.32. The highest BCUT2D eigenvalue weighted by Crippen LogP contribution is 2.44. The van der Waals surface area contributed by atoms with Crippen LogP contribution in [0.1, 0.15) is 27.7 Å². The lowest BCUT2D eigenvalue weighted by Gasteiger charge is -2.45. The van der Waals surface area contributed by atoms with E-state index in [1.54, 1.807) is 0 Å². The summed E-state index contributed by atoms with van der Waals surface area (Å²) in [6.07, 6.45) is -8.39. The van der Waals surface area contributed by atoms with Crippen molar-refractivity contribution in [2.45, 2.75) is 89.1 Å². The molecule has 4 saturated heterocycles. The van der Waals surface area contributed by atoms with Crippen LogP contribution in [0.25, 0.3) is 0 Å². The molecule has 0 aromatic carbocycles. The fourth-order valence-electron chi connectivity index (χ4n) is 4.23. The van der Waals surface area contributed by atoms with Gasteiger partial charge < -0.3 is 42.6 Å². The van der Waals surface area contributed by atoms with Crippen molar-refractivity contribution in [1.82, 2.24) is 0 Å². The van der Waals surface area contributed by atoms with E-state index in [1.807, 2.05) is 0 Å². The predicted octanol–water partition coefficient (Wildman–Crippen LogP) is -1.02. The number of hydrogen-bond acceptors (Lipinski definition) is 13. The van der Waals surface area contributed by atoms with Gasteiger partial charge in [-0.25, -0.2) is 0 Å². The van der Waals surface area contributed by atoms with Crippen LogP contribution in [0.15, 0.2) is 0 Å². The zero-order chi connectivity index (χ0) is 23.9. The first-order valence-electron chi connectivity index (χ1n) is 10.5. The highest BCUT2D eigenvalue weighted by Gasteiger charge is 2.64. The summed E-state index contributed by atoms with van der Waals surface area (Å²) in [5.41, 5.74) is 0. The minimum absolute atomic E-state index is 0.275. The maximum Gasteiger partial charge on any atom is 0.303 e. The molecule has 184 valence electrons. The summed E-state index contributed by atoms with van der Waals surface area (Å²) in [5, 5.41) is 0. The van der Waals surface area contributed by atoms with E-state index in [0.29, 0.717) is 0 Å². The molecule has 4 heterocycles. The van der Waals surface area contributed by atoms with Gasteiger partial charge in [0.1, 0.15) is 37.1 Å². The van der Waals surface area contributed by atoms with E-state index in [0.717, 1.165) is 20.8 Å². The van der Waals surface area contributed by atoms with Crippen molar-refractivity contribution in [3.63, 3.8) is 0 Å². The Balaban J connectivity index is 1.62. The smallest absolute Gasteiger partial charge is 0.303 e. The van der Waals surface area contributed by atoms with E-state index in [-0.39, 0.29) is 25.4 Å². The molecule has 13 nitrogen and oxygen atoms in total. The van der Waals surface area contributed by atoms with Crippen molar-refractivity contribution in [3.8, 4) is 0 Å². The van der Waals surface area contributed by atoms with E-state index in [4.69, 9.17) is 42.6 Å². The monoisotopic (exact) mass is 474 g/mol. The number of carbonyl (C=O) groups is 4. The molecule has 0 saturated carbocycles. The second-order valence-corrected chi connectivity index (χ2v) is 8.11. The molecule has 0 radical (unpaired) electrons. The maximum absolute atomic E-state index is 11.9. The van der Waals surface area contributed by atoms with Gasteiger partial charge in [0.05, 0.1) is 6.61 Å². The number of esters is 4. The zero-order valence-electron chi connectivity index (χ0n) is 18.5. The highest BCUT2D eigenvalue weighted by molar-refractivity contribution is 5.68. The number of ether oxygens (including phenoxy) is 9. The lowest BCUT2D eigenvalue weighted by atomic mass is 9.97. The van der Waals surface area contributed by atoms with Crippen molar-refractivity contribution in [2.24, 2.45) is 0 Å². The Morgan fingerprint density at radius 1 is 0.727 bits per heavy atom. The topological polar surface area (TPSA) is 155 Å². The number of epoxide rings is 1. The molecule has 10 atom stereocenters. The molecule has 4 rings (SSSR count). The molecule has 0 amide bonds. The van der Waals surface area contributed by atoms with E-state index < -0.39 is 73.1 Å². The van der Waals surface area contributed by atoms with Gasteiger partial charge in [0, 0.05) is 27.7 Å². The first-order chi connectivity index (χ1) is 15.6. The molecule has 4 fully saturated rings. The number of fused-ring (bicyclic) bond motifs is 4. The van der Waals surface area contributed by atoms with E-state index in [9.17, 15) is 19.2 Å². The Labute approximate surface area is 188 Å². The third-order valence-corrected chi connectivity index (χ3v) is 5.49. The zero-order valence-corrected chi connectivity index (χ0v) is 18.5. The summed E-state index contributed by atoms with van der Waals surface area (Å²) in [5.74, 6) is -2.75. The third-order valence-electron chi connectivity index (χ3n) is 5.49. The van der Waals surface area contributed by atoms with Crippen LogP contribution in [0.4, 0.5) is 0 Å². The molecule has 0 N–H and O–H groups in total. The van der Waals surface area contributed by atoms with Crippen molar-refractivity contribution >= 4 is 23.9 Å². The molecule has 0 spiro atoms. The minimum Gasteiger partial charge on any atom is -0.463 e. The second-order valence-electron chi connectivity index (χ2n) is 8.11. The van der Waals surface area contributed by atoms with E-state index >= 15 is 0 Å². The molecule has 0 aliphatic carbocycles. The Morgan fingerprint density at radius 3 is 2.00 bits per heavy atom. The van der Waals surface area contributed by atoms with Crippen molar-refractivity contribution in [2.75, 3.05) is 13.2 Å². The normalized spacial score (nSPS) is 40.8. The van der Waals surface area contributed by atoms with Gasteiger partial charge in [0.2, 0.25) is 0 Å². The molecule has 0 aromatic rings. The third kappa shape index (κ3) is 5.27. The first kappa shape index (κ1) is 23.8. The lowest BCUT2D eigenvalue weighted by Crippen LogP contribution is -2.64. The van der Waals surface area contributed by atoms with Gasteiger partial charge in [-0.15, -0.1) is 0 Å². The highest BCUT2D eigenvalue weighted by atomic mass is 16.8. The number of rotatable bonds is 7. The summed E-state index contributed by atoms with van der Waals surface area (Å²) >= 11 is 0. The summed E-state index contributed by atoms with van der Waals surface area (Å²) in [6, 6.07) is 0. The summed E-state index contributed by atoms with van der Waals surface area (Å²) in [6.45, 7) is 4.59. The Bertz CT molecular complexity index is 799. The standard InChI is InChI=1S/C20H26O13/c1-7(21)25-5-11-13(27-8(2)22)15(28-9(3)23)18(29-10(4)24)20(31-11)33-14-12-6-26-19(30-12)17-16(14)32-17/h11-20H,5-6H2,1-4H3/t11?,12?,13-,14-,15?,16?,17-,18+,19-,20+/m1/s1. The summed E-state index contributed by atoms with van der Waals surface area (Å²) < 4.78 is 50.1. The van der Waals surface area contributed by atoms with Gasteiger partial charge in [-0.05, 0) is 0 Å². The van der Waals surface area contributed by atoms with Crippen LogP contribution < -0.4 is 0 Å². The van der Waals surface area contributed by atoms with Gasteiger partial charge in [-0.2, -0.15) is 0 Å². The molecular weight excluding hydrogens is 448 g/mol. The molecule has 13 heteroatoms.